The molecule has 4 nitrogen and oxygen atoms in total. The molecular weight excluding hydrogens is 248 g/mol. The molecule has 14 heavy (non-hydrogen) atoms. The molecule has 1 atom stereocenters. The quantitative estimate of drug-likeness (QED) is 0.470. The van der Waals surface area contributed by atoms with Gasteiger partial charge in [0, 0.05) is 36.8 Å². The van der Waals surface area contributed by atoms with E-state index in [1.165, 1.54) is 0 Å². The number of rotatable bonds is 5. The predicted octanol–water partition coefficient (Wildman–Crippen LogP) is 1.88. The Balaban J connectivity index is 2.99. The molecular formula is C7H15Cl2N2O2P. The molecule has 1 saturated heterocycles. The minimum atomic E-state index is -3.98. The monoisotopic (exact) mass is 268 g/mol. The van der Waals surface area contributed by atoms with Crippen LogP contribution in [0.5, 0.6) is 0 Å². The average Bonchev–Trinajstić information content (AvgIpc) is 2.09. The minimum Gasteiger partial charge on any atom is -0.306 e. The van der Waals surface area contributed by atoms with Gasteiger partial charge in [-0.25, -0.2) is 9.76 Å². The highest BCUT2D eigenvalue weighted by Crippen LogP contribution is 2.47. The van der Waals surface area contributed by atoms with Crippen LogP contribution in [0.3, 0.4) is 0 Å². The van der Waals surface area contributed by atoms with Crippen LogP contribution in [0.25, 0.3) is 0 Å². The Labute approximate surface area is 103 Å². The molecule has 1 N–H and O–H groups in total. The van der Waals surface area contributed by atoms with Gasteiger partial charge < -0.3 is 4.52 Å². The first-order valence-corrected chi connectivity index (χ1v) is 6.25. The molecule has 1 rings (SSSR count). The van der Waals surface area contributed by atoms with E-state index in [9.17, 15) is 4.57 Å². The summed E-state index contributed by atoms with van der Waals surface area (Å²) >= 11 is 10.9. The maximum absolute atomic E-state index is 12.6. The van der Waals surface area contributed by atoms with Crippen LogP contribution in [0.2, 0.25) is 0 Å². The molecule has 0 bridgehead atoms. The van der Waals surface area contributed by atoms with Crippen LogP contribution >= 0.6 is 30.9 Å². The van der Waals surface area contributed by atoms with Crippen LogP contribution in [-0.4, -0.2) is 42.5 Å². The van der Waals surface area contributed by atoms with E-state index in [0.29, 0.717) is 0 Å². The van der Waals surface area contributed by atoms with Crippen molar-refractivity contribution in [3.63, 3.8) is 0 Å². The third kappa shape index (κ3) is 3.37. The molecule has 1 aliphatic heterocycles. The fourth-order valence-electron chi connectivity index (χ4n) is 0.951. The van der Waals surface area contributed by atoms with Gasteiger partial charge in [-0.05, 0) is 6.42 Å². The highest BCUT2D eigenvalue weighted by molar-refractivity contribution is 7.54. The Morgan fingerprint density at radius 2 is 2.21 bits per heavy atom. The lowest BCUT2D eigenvalue weighted by Gasteiger charge is -2.33. The molecule has 1 aliphatic rings. The van der Waals surface area contributed by atoms with E-state index in [1.54, 1.807) is 0 Å². The number of nitrogens with one attached hydrogen (secondary N) is 1. The summed E-state index contributed by atoms with van der Waals surface area (Å²) in [7, 11) is -3.98. The Morgan fingerprint density at radius 1 is 1.57 bits per heavy atom. The summed E-state index contributed by atoms with van der Waals surface area (Å²) in [5.41, 5.74) is 0. The Morgan fingerprint density at radius 3 is 2.71 bits per heavy atom. The van der Waals surface area contributed by atoms with Gasteiger partial charge in [-0.2, -0.15) is 0 Å². The number of nitrogens with zero attached hydrogens (tertiary/aromatic N) is 1. The summed E-state index contributed by atoms with van der Waals surface area (Å²) in [6.45, 7) is -3.39. The summed E-state index contributed by atoms with van der Waals surface area (Å²) in [5, 5.41) is 2.47. The first kappa shape index (κ1) is 6.43. The van der Waals surface area contributed by atoms with Gasteiger partial charge in [0.05, 0.1) is 9.30 Å². The van der Waals surface area contributed by atoms with Gasteiger partial charge in [0.25, 0.3) is 0 Å². The van der Waals surface area contributed by atoms with Crippen molar-refractivity contribution in [2.75, 3.05) is 37.9 Å². The summed E-state index contributed by atoms with van der Waals surface area (Å²) in [4.78, 5) is 0. The largest absolute Gasteiger partial charge is 0.343 e. The van der Waals surface area contributed by atoms with E-state index in [1.807, 2.05) is 0 Å². The number of alkyl halides is 2. The first-order chi connectivity index (χ1) is 8.73. The average molecular weight is 269 g/mol. The molecule has 7 heteroatoms. The van der Waals surface area contributed by atoms with Crippen molar-refractivity contribution in [2.45, 2.75) is 6.42 Å². The van der Waals surface area contributed by atoms with Crippen LogP contribution in [0.4, 0.5) is 0 Å². The lowest BCUT2D eigenvalue weighted by atomic mass is 10.5. The SMILES string of the molecule is [2H]C1([2H])CCNP(=O)(N(C[13C]([2H])([2H])Cl)C[13C]([2H])([2H])Cl)O1. The summed E-state index contributed by atoms with van der Waals surface area (Å²) in [6.07, 6.45) is -0.0354. The highest BCUT2D eigenvalue weighted by Gasteiger charge is 2.32. The van der Waals surface area contributed by atoms with Crippen molar-refractivity contribution < 1.29 is 17.3 Å². The lowest BCUT2D eigenvalue weighted by molar-refractivity contribution is 0.233. The van der Waals surface area contributed by atoms with Crippen LogP contribution in [-0.2, 0) is 9.09 Å². The minimum absolute atomic E-state index is 0.0354. The van der Waals surface area contributed by atoms with Crippen molar-refractivity contribution in [1.82, 2.24) is 9.76 Å². The second kappa shape index (κ2) is 6.31. The van der Waals surface area contributed by atoms with Gasteiger partial charge in [-0.3, -0.25) is 4.57 Å². The second-order valence-corrected chi connectivity index (χ2v) is 5.14. The zero-order chi connectivity index (χ0) is 15.8. The molecule has 0 radical (unpaired) electrons. The van der Waals surface area contributed by atoms with Crippen molar-refractivity contribution in [3.05, 3.63) is 0 Å². The number of hydrogen-bond donors (Lipinski definition) is 1. The van der Waals surface area contributed by atoms with Crippen LogP contribution in [0, 0.1) is 0 Å². The third-order valence-electron chi connectivity index (χ3n) is 1.58. The number of hydrogen-bond acceptors (Lipinski definition) is 2. The molecule has 0 aliphatic carbocycles. The maximum Gasteiger partial charge on any atom is 0.343 e. The van der Waals surface area contributed by atoms with Gasteiger partial charge in [-0.1, -0.05) is 0 Å². The molecule has 1 heterocycles. The Bertz CT molecular complexity index is 386. The van der Waals surface area contributed by atoms with E-state index in [4.69, 9.17) is 36.0 Å². The molecule has 0 aromatic carbocycles. The van der Waals surface area contributed by atoms with Crippen LogP contribution in [0.15, 0.2) is 0 Å². The normalized spacial score (nSPS) is 40.2. The third-order valence-corrected chi connectivity index (χ3v) is 3.85. The molecule has 0 amide bonds. The topological polar surface area (TPSA) is 41.6 Å². The standard InChI is InChI=1S/C7H15Cl2N2O2P/c8-2-5-11(6-3-9)14(12)10-4-1-7-13-14/h1-7H2,(H,10,12)/i2+1D2,3+1D2,7D2. The molecule has 1 unspecified atom stereocenters. The second-order valence-electron chi connectivity index (χ2n) is 2.50. The van der Waals surface area contributed by atoms with Gasteiger partial charge in [0.2, 0.25) is 0 Å². The maximum atomic E-state index is 12.6. The summed E-state index contributed by atoms with van der Waals surface area (Å²) < 4.78 is 62.4. The molecule has 0 spiro atoms. The predicted molar refractivity (Wildman–Crippen MR) is 59.2 cm³/mol. The Kier molecular flexibility index (Phi) is 2.90. The smallest absolute Gasteiger partial charge is 0.306 e. The fourth-order valence-corrected chi connectivity index (χ4v) is 2.96. The first-order valence-electron chi connectivity index (χ1n) is 6.92. The van der Waals surface area contributed by atoms with Crippen molar-refractivity contribution in [3.8, 4) is 0 Å². The molecule has 1 fully saturated rings. The molecule has 0 saturated carbocycles. The Hall–Kier alpha value is 0.690. The highest BCUT2D eigenvalue weighted by atomic mass is 35.5. The zero-order valence-electron chi connectivity index (χ0n) is 13.3. The van der Waals surface area contributed by atoms with E-state index < -0.39 is 39.0 Å². The van der Waals surface area contributed by atoms with Gasteiger partial charge in [0.15, 0.2) is 0 Å². The van der Waals surface area contributed by atoms with Gasteiger partial charge in [-0.15, -0.1) is 23.2 Å². The fraction of sp³-hybridized carbons (Fsp3) is 1.00. The van der Waals surface area contributed by atoms with E-state index in [2.05, 4.69) is 5.09 Å². The summed E-state index contributed by atoms with van der Waals surface area (Å²) in [6, 6.07) is 0. The van der Waals surface area contributed by atoms with Gasteiger partial charge in [0.1, 0.15) is 0 Å². The zero-order valence-corrected chi connectivity index (χ0v) is 9.70. The molecule has 84 valence electrons. The lowest BCUT2D eigenvalue weighted by Crippen LogP contribution is -2.35. The number of halogens is 2. The summed E-state index contributed by atoms with van der Waals surface area (Å²) in [5.74, 6) is -4.59. The van der Waals surface area contributed by atoms with E-state index >= 15 is 0 Å². The van der Waals surface area contributed by atoms with E-state index in [-0.39, 0.29) is 13.0 Å². The van der Waals surface area contributed by atoms with Crippen LogP contribution < -0.4 is 5.09 Å². The van der Waals surface area contributed by atoms with Crippen LogP contribution in [0.1, 0.15) is 14.6 Å². The molecule has 0 aromatic rings. The van der Waals surface area contributed by atoms with Crippen molar-refractivity contribution in [1.29, 1.82) is 0 Å². The van der Waals surface area contributed by atoms with E-state index in [0.717, 1.165) is 4.67 Å². The van der Waals surface area contributed by atoms with Gasteiger partial charge >= 0.3 is 7.67 Å². The van der Waals surface area contributed by atoms with Crippen molar-refractivity contribution in [2.24, 2.45) is 0 Å². The van der Waals surface area contributed by atoms with Crippen molar-refractivity contribution >= 4 is 30.9 Å². The molecule has 0 aromatic heterocycles.